The van der Waals surface area contributed by atoms with E-state index in [4.69, 9.17) is 4.42 Å². The van der Waals surface area contributed by atoms with Gasteiger partial charge < -0.3 is 15.1 Å². The van der Waals surface area contributed by atoms with Crippen LogP contribution in [0.15, 0.2) is 53.1 Å². The van der Waals surface area contributed by atoms with E-state index in [1.165, 1.54) is 18.4 Å². The van der Waals surface area contributed by atoms with Crippen molar-refractivity contribution in [2.24, 2.45) is 0 Å². The molecule has 0 bridgehead atoms. The van der Waals surface area contributed by atoms with Gasteiger partial charge in [-0.1, -0.05) is 20.8 Å². The molecule has 2 amide bonds. The maximum atomic E-state index is 13.3. The first-order valence-corrected chi connectivity index (χ1v) is 9.22. The fraction of sp³-hybridized carbons (Fsp3) is 0.286. The Bertz CT molecular complexity index is 986. The average Bonchev–Trinajstić information content (AvgIpc) is 3.32. The lowest BCUT2D eigenvalue weighted by Gasteiger charge is -2.14. The van der Waals surface area contributed by atoms with Crippen molar-refractivity contribution in [2.45, 2.75) is 32.6 Å². The monoisotopic (exact) mass is 398 g/mol. The predicted octanol–water partition coefficient (Wildman–Crippen LogP) is 3.66. The van der Waals surface area contributed by atoms with E-state index in [1.807, 2.05) is 20.8 Å². The SMILES string of the molecule is CC(C)(C)c1cc(NC(=O)CCNC(=O)c2ccco2)n(-c2ccc(F)cc2)n1. The number of nitrogens with one attached hydrogen (secondary N) is 2. The van der Waals surface area contributed by atoms with Gasteiger partial charge in [0.05, 0.1) is 17.6 Å². The Kier molecular flexibility index (Phi) is 5.81. The van der Waals surface area contributed by atoms with Crippen molar-refractivity contribution in [3.8, 4) is 5.69 Å². The molecule has 2 N–H and O–H groups in total. The minimum Gasteiger partial charge on any atom is -0.459 e. The number of halogens is 1. The Morgan fingerprint density at radius 1 is 1.17 bits per heavy atom. The lowest BCUT2D eigenvalue weighted by molar-refractivity contribution is -0.116. The summed E-state index contributed by atoms with van der Waals surface area (Å²) in [6.45, 7) is 6.20. The highest BCUT2D eigenvalue weighted by Crippen LogP contribution is 2.26. The Morgan fingerprint density at radius 2 is 1.90 bits per heavy atom. The van der Waals surface area contributed by atoms with E-state index < -0.39 is 0 Å². The van der Waals surface area contributed by atoms with Gasteiger partial charge in [-0.15, -0.1) is 0 Å². The molecule has 29 heavy (non-hydrogen) atoms. The summed E-state index contributed by atoms with van der Waals surface area (Å²) in [4.78, 5) is 24.2. The highest BCUT2D eigenvalue weighted by Gasteiger charge is 2.21. The van der Waals surface area contributed by atoms with Crippen LogP contribution in [-0.2, 0) is 10.2 Å². The van der Waals surface area contributed by atoms with E-state index in [0.29, 0.717) is 11.5 Å². The molecule has 0 atom stereocenters. The van der Waals surface area contributed by atoms with Crippen LogP contribution in [0.1, 0.15) is 43.4 Å². The fourth-order valence-corrected chi connectivity index (χ4v) is 2.61. The summed E-state index contributed by atoms with van der Waals surface area (Å²) in [6.07, 6.45) is 1.48. The van der Waals surface area contributed by atoms with Crippen LogP contribution >= 0.6 is 0 Å². The topological polar surface area (TPSA) is 89.2 Å². The number of rotatable bonds is 6. The van der Waals surface area contributed by atoms with Crippen LogP contribution in [0.3, 0.4) is 0 Å². The smallest absolute Gasteiger partial charge is 0.286 e. The Morgan fingerprint density at radius 3 is 2.52 bits per heavy atom. The van der Waals surface area contributed by atoms with Crippen LogP contribution in [0.2, 0.25) is 0 Å². The highest BCUT2D eigenvalue weighted by atomic mass is 19.1. The number of hydrogen-bond donors (Lipinski definition) is 2. The summed E-state index contributed by atoms with van der Waals surface area (Å²) in [5.74, 6) is -0.351. The van der Waals surface area contributed by atoms with Gasteiger partial charge in [-0.3, -0.25) is 9.59 Å². The van der Waals surface area contributed by atoms with Crippen LogP contribution in [0.5, 0.6) is 0 Å². The molecule has 0 aliphatic carbocycles. The molecule has 2 aromatic heterocycles. The van der Waals surface area contributed by atoms with Crippen molar-refractivity contribution in [1.29, 1.82) is 0 Å². The van der Waals surface area contributed by atoms with Crippen molar-refractivity contribution >= 4 is 17.6 Å². The zero-order chi connectivity index (χ0) is 21.0. The molecule has 0 saturated carbocycles. The Hall–Kier alpha value is -3.42. The van der Waals surface area contributed by atoms with Crippen LogP contribution in [-0.4, -0.2) is 28.1 Å². The normalized spacial score (nSPS) is 11.3. The average molecular weight is 398 g/mol. The molecule has 2 heterocycles. The summed E-state index contributed by atoms with van der Waals surface area (Å²) in [5, 5.41) is 10.0. The number of carbonyl (C=O) groups excluding carboxylic acids is 2. The minimum absolute atomic E-state index is 0.0753. The molecule has 0 aliphatic heterocycles. The van der Waals surface area contributed by atoms with Gasteiger partial charge in [-0.2, -0.15) is 5.10 Å². The van der Waals surface area contributed by atoms with Gasteiger partial charge in [0.25, 0.3) is 5.91 Å². The number of furan rings is 1. The summed E-state index contributed by atoms with van der Waals surface area (Å²) in [7, 11) is 0. The molecule has 0 saturated heterocycles. The fourth-order valence-electron chi connectivity index (χ4n) is 2.61. The number of nitrogens with zero attached hydrogens (tertiary/aromatic N) is 2. The molecule has 3 rings (SSSR count). The van der Waals surface area contributed by atoms with E-state index >= 15 is 0 Å². The van der Waals surface area contributed by atoms with Gasteiger partial charge in [0, 0.05) is 24.4 Å². The minimum atomic E-state index is -0.380. The number of anilines is 1. The van der Waals surface area contributed by atoms with Crippen molar-refractivity contribution in [3.05, 3.63) is 66.0 Å². The predicted molar refractivity (Wildman–Crippen MR) is 107 cm³/mol. The molecule has 3 aromatic rings. The number of hydrogen-bond acceptors (Lipinski definition) is 4. The number of aromatic nitrogens is 2. The second kappa shape index (κ2) is 8.30. The molecule has 0 radical (unpaired) electrons. The van der Waals surface area contributed by atoms with Gasteiger partial charge in [-0.25, -0.2) is 9.07 Å². The van der Waals surface area contributed by atoms with Crippen LogP contribution in [0.4, 0.5) is 10.2 Å². The van der Waals surface area contributed by atoms with E-state index in [2.05, 4.69) is 15.7 Å². The first-order valence-electron chi connectivity index (χ1n) is 9.22. The first-order chi connectivity index (χ1) is 13.7. The van der Waals surface area contributed by atoms with Gasteiger partial charge in [-0.05, 0) is 36.4 Å². The van der Waals surface area contributed by atoms with Crippen molar-refractivity contribution < 1.29 is 18.4 Å². The zero-order valence-corrected chi connectivity index (χ0v) is 16.5. The highest BCUT2D eigenvalue weighted by molar-refractivity contribution is 5.93. The molecule has 0 spiro atoms. The summed E-state index contributed by atoms with van der Waals surface area (Å²) < 4.78 is 19.8. The number of amides is 2. The summed E-state index contributed by atoms with van der Waals surface area (Å²) >= 11 is 0. The molecule has 0 fully saturated rings. The molecule has 0 unspecified atom stereocenters. The molecule has 152 valence electrons. The van der Waals surface area contributed by atoms with E-state index in [1.54, 1.807) is 35.0 Å². The second-order valence-electron chi connectivity index (χ2n) is 7.58. The van der Waals surface area contributed by atoms with Gasteiger partial charge >= 0.3 is 0 Å². The van der Waals surface area contributed by atoms with E-state index in [-0.39, 0.29) is 41.8 Å². The van der Waals surface area contributed by atoms with Crippen molar-refractivity contribution in [3.63, 3.8) is 0 Å². The van der Waals surface area contributed by atoms with Crippen LogP contribution in [0, 0.1) is 5.82 Å². The third kappa shape index (κ3) is 5.10. The van der Waals surface area contributed by atoms with Crippen LogP contribution in [0.25, 0.3) is 5.69 Å². The quantitative estimate of drug-likeness (QED) is 0.663. The van der Waals surface area contributed by atoms with E-state index in [9.17, 15) is 14.0 Å². The lowest BCUT2D eigenvalue weighted by atomic mass is 9.92. The standard InChI is InChI=1S/C21H23FN4O3/c1-21(2,3)17-13-18(26(25-17)15-8-6-14(22)7-9-15)24-19(27)10-11-23-20(28)16-5-4-12-29-16/h4-9,12-13H,10-11H2,1-3H3,(H,23,28)(H,24,27). The van der Waals surface area contributed by atoms with Gasteiger partial charge in [0.1, 0.15) is 11.6 Å². The Balaban J connectivity index is 1.70. The van der Waals surface area contributed by atoms with Crippen molar-refractivity contribution in [2.75, 3.05) is 11.9 Å². The lowest BCUT2D eigenvalue weighted by Crippen LogP contribution is -2.27. The summed E-state index contributed by atoms with van der Waals surface area (Å²) in [6, 6.07) is 10.8. The molecule has 0 aliphatic rings. The molecular weight excluding hydrogens is 375 g/mol. The maximum Gasteiger partial charge on any atom is 0.286 e. The molecule has 8 heteroatoms. The van der Waals surface area contributed by atoms with Crippen molar-refractivity contribution in [1.82, 2.24) is 15.1 Å². The van der Waals surface area contributed by atoms with E-state index in [0.717, 1.165) is 5.69 Å². The molecule has 1 aromatic carbocycles. The van der Waals surface area contributed by atoms with Gasteiger partial charge in [0.2, 0.25) is 5.91 Å². The zero-order valence-electron chi connectivity index (χ0n) is 16.5. The summed E-state index contributed by atoms with van der Waals surface area (Å²) in [5.41, 5.74) is 1.17. The molecule has 7 nitrogen and oxygen atoms in total. The largest absolute Gasteiger partial charge is 0.459 e. The second-order valence-corrected chi connectivity index (χ2v) is 7.58. The van der Waals surface area contributed by atoms with Gasteiger partial charge in [0.15, 0.2) is 5.76 Å². The third-order valence-corrected chi connectivity index (χ3v) is 4.20. The number of benzene rings is 1. The third-order valence-electron chi connectivity index (χ3n) is 4.20. The number of carbonyl (C=O) groups is 2. The first kappa shape index (κ1) is 20.3. The maximum absolute atomic E-state index is 13.3. The Labute approximate surface area is 167 Å². The molecular formula is C21H23FN4O3. The van der Waals surface area contributed by atoms with Crippen LogP contribution < -0.4 is 10.6 Å².